The van der Waals surface area contributed by atoms with Gasteiger partial charge in [0.05, 0.1) is 29.8 Å². The van der Waals surface area contributed by atoms with Crippen LogP contribution in [0.5, 0.6) is 11.8 Å². The second-order valence-electron chi connectivity index (χ2n) is 6.98. The molecule has 0 aliphatic heterocycles. The summed E-state index contributed by atoms with van der Waals surface area (Å²) >= 11 is 6.33. The molecular formula is C21H18ClF2N5O3. The number of ether oxygens (including phenoxy) is 1. The van der Waals surface area contributed by atoms with Crippen molar-refractivity contribution in [2.45, 2.75) is 19.1 Å². The SMILES string of the molecule is CC(O)C(CO)Nc1nc(Oc2ccc(F)cc2F)nc2n[nH]c(-c3ccccc3Cl)c12. The molecule has 0 radical (unpaired) electrons. The zero-order valence-corrected chi connectivity index (χ0v) is 17.4. The van der Waals surface area contributed by atoms with Gasteiger partial charge in [-0.15, -0.1) is 0 Å². The number of H-pyrrole nitrogens is 1. The van der Waals surface area contributed by atoms with E-state index < -0.39 is 30.4 Å². The first-order valence-corrected chi connectivity index (χ1v) is 9.94. The van der Waals surface area contributed by atoms with Crippen molar-refractivity contribution in [2.24, 2.45) is 0 Å². The molecule has 0 saturated carbocycles. The number of aliphatic hydroxyl groups excluding tert-OH is 2. The lowest BCUT2D eigenvalue weighted by molar-refractivity contribution is 0.132. The highest BCUT2D eigenvalue weighted by molar-refractivity contribution is 6.33. The van der Waals surface area contributed by atoms with E-state index >= 15 is 0 Å². The number of fused-ring (bicyclic) bond motifs is 1. The maximum Gasteiger partial charge on any atom is 0.326 e. The van der Waals surface area contributed by atoms with Gasteiger partial charge in [0.2, 0.25) is 0 Å². The average Bonchev–Trinajstić information content (AvgIpc) is 3.18. The summed E-state index contributed by atoms with van der Waals surface area (Å²) < 4.78 is 32.7. The fourth-order valence-corrected chi connectivity index (χ4v) is 3.29. The lowest BCUT2D eigenvalue weighted by atomic mass is 10.1. The van der Waals surface area contributed by atoms with E-state index in [-0.39, 0.29) is 23.2 Å². The number of nitrogens with one attached hydrogen (secondary N) is 2. The van der Waals surface area contributed by atoms with Crippen LogP contribution in [-0.4, -0.2) is 49.1 Å². The van der Waals surface area contributed by atoms with Gasteiger partial charge in [0.1, 0.15) is 11.6 Å². The normalized spacial score (nSPS) is 13.2. The van der Waals surface area contributed by atoms with Crippen LogP contribution >= 0.6 is 11.6 Å². The molecule has 0 bridgehead atoms. The molecule has 0 spiro atoms. The van der Waals surface area contributed by atoms with Crippen LogP contribution in [0.15, 0.2) is 42.5 Å². The Balaban J connectivity index is 1.85. The molecule has 0 aliphatic carbocycles. The van der Waals surface area contributed by atoms with Crippen LogP contribution in [-0.2, 0) is 0 Å². The van der Waals surface area contributed by atoms with Gasteiger partial charge >= 0.3 is 6.01 Å². The van der Waals surface area contributed by atoms with E-state index in [0.717, 1.165) is 12.1 Å². The van der Waals surface area contributed by atoms with Crippen molar-refractivity contribution in [3.8, 4) is 23.0 Å². The van der Waals surface area contributed by atoms with Crippen LogP contribution in [0.4, 0.5) is 14.6 Å². The summed E-state index contributed by atoms with van der Waals surface area (Å²) in [6, 6.07) is 8.82. The summed E-state index contributed by atoms with van der Waals surface area (Å²) in [5.41, 5.74) is 1.28. The van der Waals surface area contributed by atoms with E-state index in [2.05, 4.69) is 25.5 Å². The molecule has 4 aromatic rings. The Labute approximate surface area is 185 Å². The highest BCUT2D eigenvalue weighted by atomic mass is 35.5. The number of aliphatic hydroxyl groups is 2. The van der Waals surface area contributed by atoms with Gasteiger partial charge in [-0.25, -0.2) is 8.78 Å². The number of hydrogen-bond donors (Lipinski definition) is 4. The van der Waals surface area contributed by atoms with Gasteiger partial charge in [-0.1, -0.05) is 29.8 Å². The second-order valence-corrected chi connectivity index (χ2v) is 7.39. The Kier molecular flexibility index (Phi) is 6.17. The number of nitrogens with zero attached hydrogens (tertiary/aromatic N) is 3. The number of aromatic amines is 1. The molecule has 0 saturated heterocycles. The maximum atomic E-state index is 14.1. The standard InChI is InChI=1S/C21H18ClF2N5O3/c1-10(31)15(9-30)25-19-17-18(12-4-2-3-5-13(12)22)28-29-20(17)27-21(26-19)32-16-7-6-11(23)8-14(16)24/h2-8,10,15,30-31H,9H2,1H3,(H2,25,26,27,28,29). The summed E-state index contributed by atoms with van der Waals surface area (Å²) in [6.45, 7) is 1.10. The van der Waals surface area contributed by atoms with E-state index in [0.29, 0.717) is 27.7 Å². The molecule has 2 unspecified atom stereocenters. The highest BCUT2D eigenvalue weighted by Crippen LogP contribution is 2.36. The third-order valence-corrected chi connectivity index (χ3v) is 5.06. The molecular weight excluding hydrogens is 444 g/mol. The number of halogens is 3. The molecule has 0 fully saturated rings. The molecule has 11 heteroatoms. The van der Waals surface area contributed by atoms with Crippen molar-refractivity contribution >= 4 is 28.5 Å². The fourth-order valence-electron chi connectivity index (χ4n) is 3.06. The topological polar surface area (TPSA) is 116 Å². The van der Waals surface area contributed by atoms with E-state index in [1.54, 1.807) is 24.3 Å². The lowest BCUT2D eigenvalue weighted by Crippen LogP contribution is -2.35. The van der Waals surface area contributed by atoms with Crippen LogP contribution in [0.3, 0.4) is 0 Å². The van der Waals surface area contributed by atoms with Gasteiger partial charge in [0, 0.05) is 16.7 Å². The number of anilines is 1. The van der Waals surface area contributed by atoms with Gasteiger partial charge in [-0.2, -0.15) is 15.1 Å². The van der Waals surface area contributed by atoms with Crippen molar-refractivity contribution < 1.29 is 23.7 Å². The van der Waals surface area contributed by atoms with Gasteiger partial charge in [0.25, 0.3) is 0 Å². The van der Waals surface area contributed by atoms with Crippen LogP contribution < -0.4 is 10.1 Å². The van der Waals surface area contributed by atoms with Crippen molar-refractivity contribution in [1.29, 1.82) is 0 Å². The largest absolute Gasteiger partial charge is 0.421 e. The Hall–Kier alpha value is -3.34. The van der Waals surface area contributed by atoms with Crippen LogP contribution in [0.1, 0.15) is 6.92 Å². The predicted octanol–water partition coefficient (Wildman–Crippen LogP) is 3.90. The molecule has 4 rings (SSSR count). The van der Waals surface area contributed by atoms with Crippen molar-refractivity contribution in [1.82, 2.24) is 20.2 Å². The van der Waals surface area contributed by atoms with E-state index in [1.807, 2.05) is 0 Å². The molecule has 2 aromatic heterocycles. The smallest absolute Gasteiger partial charge is 0.326 e. The molecule has 4 N–H and O–H groups in total. The van der Waals surface area contributed by atoms with E-state index in [4.69, 9.17) is 16.3 Å². The minimum absolute atomic E-state index is 0.163. The third kappa shape index (κ3) is 4.33. The van der Waals surface area contributed by atoms with Crippen molar-refractivity contribution in [3.05, 3.63) is 59.1 Å². The van der Waals surface area contributed by atoms with Gasteiger partial charge in [-0.3, -0.25) is 5.10 Å². The zero-order valence-electron chi connectivity index (χ0n) is 16.7. The monoisotopic (exact) mass is 461 g/mol. The first-order chi connectivity index (χ1) is 15.4. The summed E-state index contributed by atoms with van der Waals surface area (Å²) in [7, 11) is 0. The first kappa shape index (κ1) is 21.9. The van der Waals surface area contributed by atoms with Gasteiger partial charge in [0.15, 0.2) is 17.2 Å². The molecule has 8 nitrogen and oxygen atoms in total. The molecule has 2 heterocycles. The molecule has 166 valence electrons. The Bertz CT molecular complexity index is 1270. The number of benzene rings is 2. The number of rotatable bonds is 7. The van der Waals surface area contributed by atoms with Crippen molar-refractivity contribution in [2.75, 3.05) is 11.9 Å². The fraction of sp³-hybridized carbons (Fsp3) is 0.190. The molecule has 2 atom stereocenters. The van der Waals surface area contributed by atoms with Gasteiger partial charge < -0.3 is 20.3 Å². The minimum atomic E-state index is -0.931. The molecule has 2 aromatic carbocycles. The Morgan fingerprint density at radius 3 is 2.66 bits per heavy atom. The molecule has 32 heavy (non-hydrogen) atoms. The van der Waals surface area contributed by atoms with Gasteiger partial charge in [-0.05, 0) is 25.1 Å². The molecule has 0 aliphatic rings. The van der Waals surface area contributed by atoms with Crippen molar-refractivity contribution in [3.63, 3.8) is 0 Å². The summed E-state index contributed by atoms with van der Waals surface area (Å²) in [4.78, 5) is 8.49. The lowest BCUT2D eigenvalue weighted by Gasteiger charge is -2.20. The number of hydrogen-bond acceptors (Lipinski definition) is 7. The third-order valence-electron chi connectivity index (χ3n) is 4.73. The minimum Gasteiger partial charge on any atom is -0.421 e. The maximum absolute atomic E-state index is 14.1. The first-order valence-electron chi connectivity index (χ1n) is 9.56. The van der Waals surface area contributed by atoms with Crippen LogP contribution in [0.2, 0.25) is 5.02 Å². The Morgan fingerprint density at radius 2 is 1.97 bits per heavy atom. The quantitative estimate of drug-likeness (QED) is 0.330. The zero-order chi connectivity index (χ0) is 22.8. The summed E-state index contributed by atoms with van der Waals surface area (Å²) in [5, 5.41) is 30.5. The average molecular weight is 462 g/mol. The predicted molar refractivity (Wildman–Crippen MR) is 115 cm³/mol. The summed E-state index contributed by atoms with van der Waals surface area (Å²) in [6.07, 6.45) is -0.931. The van der Waals surface area contributed by atoms with Crippen LogP contribution in [0, 0.1) is 11.6 Å². The highest BCUT2D eigenvalue weighted by Gasteiger charge is 2.23. The van der Waals surface area contributed by atoms with Crippen LogP contribution in [0.25, 0.3) is 22.3 Å². The second kappa shape index (κ2) is 9.03. The molecule has 0 amide bonds. The van der Waals surface area contributed by atoms with E-state index in [9.17, 15) is 19.0 Å². The number of aromatic nitrogens is 4. The van der Waals surface area contributed by atoms with E-state index in [1.165, 1.54) is 6.92 Å². The summed E-state index contributed by atoms with van der Waals surface area (Å²) in [5.74, 6) is -1.81. The Morgan fingerprint density at radius 1 is 1.19 bits per heavy atom.